The van der Waals surface area contributed by atoms with Crippen LogP contribution in [0.4, 0.5) is 10.2 Å². The molecule has 0 aliphatic heterocycles. The lowest BCUT2D eigenvalue weighted by molar-refractivity contribution is 0.208. The van der Waals surface area contributed by atoms with E-state index in [2.05, 4.69) is 15.5 Å². The minimum atomic E-state index is -0.496. The van der Waals surface area contributed by atoms with E-state index in [0.29, 0.717) is 23.6 Å². The first-order chi connectivity index (χ1) is 9.47. The number of hydrogen-bond donors (Lipinski definition) is 3. The lowest BCUT2D eigenvalue weighted by Gasteiger charge is -2.10. The summed E-state index contributed by atoms with van der Waals surface area (Å²) in [7, 11) is 0. The second kappa shape index (κ2) is 5.83. The van der Waals surface area contributed by atoms with Crippen LogP contribution in [0.5, 0.6) is 5.75 Å². The Bertz CT molecular complexity index is 617. The average Bonchev–Trinajstić information content (AvgIpc) is 2.39. The van der Waals surface area contributed by atoms with Crippen LogP contribution in [-0.4, -0.2) is 33.1 Å². The summed E-state index contributed by atoms with van der Waals surface area (Å²) in [5.41, 5.74) is 1.47. The van der Waals surface area contributed by atoms with Crippen LogP contribution in [0.25, 0.3) is 11.3 Å². The summed E-state index contributed by atoms with van der Waals surface area (Å²) in [4.78, 5) is 0. The Kier molecular flexibility index (Phi) is 4.14. The van der Waals surface area contributed by atoms with Gasteiger partial charge in [-0.2, -0.15) is 0 Å². The molecule has 1 heterocycles. The van der Waals surface area contributed by atoms with Gasteiger partial charge in [0.25, 0.3) is 0 Å². The number of aryl methyl sites for hydroxylation is 1. The molecule has 0 saturated carbocycles. The van der Waals surface area contributed by atoms with Crippen LogP contribution in [0, 0.1) is 12.7 Å². The highest BCUT2D eigenvalue weighted by Gasteiger charge is 2.12. The van der Waals surface area contributed by atoms with E-state index in [9.17, 15) is 14.6 Å². The van der Waals surface area contributed by atoms with Gasteiger partial charge in [-0.15, -0.1) is 10.2 Å². The number of aromatic hydroxyl groups is 1. The smallest absolute Gasteiger partial charge is 0.149 e. The second-order valence-corrected chi connectivity index (χ2v) is 4.65. The van der Waals surface area contributed by atoms with Gasteiger partial charge >= 0.3 is 0 Å². The molecular formula is C14H16FN3O2. The highest BCUT2D eigenvalue weighted by atomic mass is 19.1. The average molecular weight is 277 g/mol. The minimum Gasteiger partial charge on any atom is -0.507 e. The van der Waals surface area contributed by atoms with Gasteiger partial charge in [-0.25, -0.2) is 4.39 Å². The van der Waals surface area contributed by atoms with Gasteiger partial charge in [0, 0.05) is 12.1 Å². The van der Waals surface area contributed by atoms with E-state index in [1.807, 2.05) is 0 Å². The van der Waals surface area contributed by atoms with Crippen molar-refractivity contribution < 1.29 is 14.6 Å². The molecule has 0 spiro atoms. The molecule has 106 valence electrons. The van der Waals surface area contributed by atoms with Crippen LogP contribution in [0.15, 0.2) is 24.3 Å². The molecule has 0 saturated heterocycles. The van der Waals surface area contributed by atoms with E-state index < -0.39 is 11.9 Å². The van der Waals surface area contributed by atoms with Crippen molar-refractivity contribution in [1.29, 1.82) is 0 Å². The summed E-state index contributed by atoms with van der Waals surface area (Å²) < 4.78 is 13.3. The maximum Gasteiger partial charge on any atom is 0.149 e. The Morgan fingerprint density at radius 3 is 2.70 bits per heavy atom. The third kappa shape index (κ3) is 3.21. The largest absolute Gasteiger partial charge is 0.507 e. The molecule has 0 aliphatic rings. The molecule has 1 aromatic carbocycles. The molecule has 0 fully saturated rings. The first-order valence-corrected chi connectivity index (χ1v) is 6.22. The number of hydrogen-bond acceptors (Lipinski definition) is 5. The Balaban J connectivity index is 2.32. The standard InChI is InChI=1S/C14H16FN3O2/c1-8-5-13(16-7-9(2)19)17-18-14(8)11-6-10(15)3-4-12(11)20/h3-6,9,19-20H,7H2,1-2H3,(H,16,17)/t9-/m1/s1. The number of halogens is 1. The van der Waals surface area contributed by atoms with Crippen molar-refractivity contribution in [3.63, 3.8) is 0 Å². The fraction of sp³-hybridized carbons (Fsp3) is 0.286. The van der Waals surface area contributed by atoms with Crippen molar-refractivity contribution in [2.45, 2.75) is 20.0 Å². The lowest BCUT2D eigenvalue weighted by atomic mass is 10.1. The number of aliphatic hydroxyl groups is 1. The fourth-order valence-electron chi connectivity index (χ4n) is 1.79. The van der Waals surface area contributed by atoms with E-state index in [0.717, 1.165) is 5.56 Å². The molecule has 0 radical (unpaired) electrons. The maximum absolute atomic E-state index is 13.3. The van der Waals surface area contributed by atoms with Crippen molar-refractivity contribution >= 4 is 5.82 Å². The van der Waals surface area contributed by atoms with Crippen LogP contribution >= 0.6 is 0 Å². The van der Waals surface area contributed by atoms with Crippen molar-refractivity contribution in [2.75, 3.05) is 11.9 Å². The van der Waals surface area contributed by atoms with Crippen molar-refractivity contribution in [3.8, 4) is 17.0 Å². The van der Waals surface area contributed by atoms with Crippen LogP contribution < -0.4 is 5.32 Å². The van der Waals surface area contributed by atoms with Crippen molar-refractivity contribution in [1.82, 2.24) is 10.2 Å². The zero-order chi connectivity index (χ0) is 14.7. The van der Waals surface area contributed by atoms with E-state index in [1.165, 1.54) is 18.2 Å². The third-order valence-corrected chi connectivity index (χ3v) is 2.78. The molecule has 0 bridgehead atoms. The summed E-state index contributed by atoms with van der Waals surface area (Å²) >= 11 is 0. The molecule has 6 heteroatoms. The normalized spacial score (nSPS) is 12.2. The topological polar surface area (TPSA) is 78.3 Å². The zero-order valence-corrected chi connectivity index (χ0v) is 11.3. The molecule has 0 unspecified atom stereocenters. The number of benzene rings is 1. The fourth-order valence-corrected chi connectivity index (χ4v) is 1.79. The number of aromatic nitrogens is 2. The summed E-state index contributed by atoms with van der Waals surface area (Å²) in [6.45, 7) is 3.81. The van der Waals surface area contributed by atoms with Crippen molar-refractivity contribution in [2.24, 2.45) is 0 Å². The van der Waals surface area contributed by atoms with Crippen molar-refractivity contribution in [3.05, 3.63) is 35.6 Å². The number of phenolic OH excluding ortho intramolecular Hbond substituents is 1. The van der Waals surface area contributed by atoms with E-state index in [1.54, 1.807) is 19.9 Å². The minimum absolute atomic E-state index is 0.0477. The molecule has 0 amide bonds. The number of nitrogens with one attached hydrogen (secondary N) is 1. The molecule has 2 aromatic rings. The highest BCUT2D eigenvalue weighted by molar-refractivity contribution is 5.69. The summed E-state index contributed by atoms with van der Waals surface area (Å²) in [6.07, 6.45) is -0.496. The SMILES string of the molecule is Cc1cc(NC[C@@H](C)O)nnc1-c1cc(F)ccc1O. The molecule has 2 rings (SSSR count). The summed E-state index contributed by atoms with van der Waals surface area (Å²) in [5, 5.41) is 29.9. The Hall–Kier alpha value is -2.21. The first-order valence-electron chi connectivity index (χ1n) is 6.22. The van der Waals surface area contributed by atoms with Gasteiger partial charge in [0.15, 0.2) is 0 Å². The third-order valence-electron chi connectivity index (χ3n) is 2.78. The zero-order valence-electron chi connectivity index (χ0n) is 11.3. The molecule has 0 aliphatic carbocycles. The summed E-state index contributed by atoms with van der Waals surface area (Å²) in [5.74, 6) is 0.0202. The van der Waals surface area contributed by atoms with Crippen LogP contribution in [-0.2, 0) is 0 Å². The summed E-state index contributed by atoms with van der Waals surface area (Å²) in [6, 6.07) is 5.41. The number of nitrogens with zero attached hydrogens (tertiary/aromatic N) is 2. The van der Waals surface area contributed by atoms with Crippen LogP contribution in [0.3, 0.4) is 0 Å². The number of aliphatic hydroxyl groups excluding tert-OH is 1. The van der Waals surface area contributed by atoms with Gasteiger partial charge in [-0.1, -0.05) is 0 Å². The van der Waals surface area contributed by atoms with Gasteiger partial charge < -0.3 is 15.5 Å². The predicted octanol–water partition coefficient (Wildman–Crippen LogP) is 2.09. The molecule has 20 heavy (non-hydrogen) atoms. The van der Waals surface area contributed by atoms with E-state index in [4.69, 9.17) is 0 Å². The maximum atomic E-state index is 13.3. The lowest BCUT2D eigenvalue weighted by Crippen LogP contribution is -2.16. The Morgan fingerprint density at radius 1 is 1.30 bits per heavy atom. The predicted molar refractivity (Wildman–Crippen MR) is 74.0 cm³/mol. The van der Waals surface area contributed by atoms with E-state index >= 15 is 0 Å². The molecule has 1 atom stereocenters. The number of anilines is 1. The van der Waals surface area contributed by atoms with Gasteiger partial charge in [0.2, 0.25) is 0 Å². The molecule has 1 aromatic heterocycles. The van der Waals surface area contributed by atoms with Gasteiger partial charge in [0.05, 0.1) is 11.8 Å². The number of phenols is 1. The quantitative estimate of drug-likeness (QED) is 0.797. The van der Waals surface area contributed by atoms with Crippen LogP contribution in [0.1, 0.15) is 12.5 Å². The van der Waals surface area contributed by atoms with Gasteiger partial charge in [-0.05, 0) is 43.7 Å². The molecule has 5 nitrogen and oxygen atoms in total. The highest BCUT2D eigenvalue weighted by Crippen LogP contribution is 2.30. The first kappa shape index (κ1) is 14.2. The van der Waals surface area contributed by atoms with Gasteiger partial charge in [-0.3, -0.25) is 0 Å². The number of rotatable bonds is 4. The molecule has 3 N–H and O–H groups in total. The Morgan fingerprint density at radius 2 is 2.05 bits per heavy atom. The molecular weight excluding hydrogens is 261 g/mol. The Labute approximate surface area is 116 Å². The second-order valence-electron chi connectivity index (χ2n) is 4.65. The van der Waals surface area contributed by atoms with E-state index in [-0.39, 0.29) is 5.75 Å². The van der Waals surface area contributed by atoms with Gasteiger partial charge in [0.1, 0.15) is 17.4 Å². The van der Waals surface area contributed by atoms with Crippen LogP contribution in [0.2, 0.25) is 0 Å². The monoisotopic (exact) mass is 277 g/mol.